The van der Waals surface area contributed by atoms with Crippen LogP contribution < -0.4 is 10.9 Å². The van der Waals surface area contributed by atoms with Crippen molar-refractivity contribution in [3.05, 3.63) is 105 Å². The molecule has 0 aliphatic heterocycles. The van der Waals surface area contributed by atoms with Crippen molar-refractivity contribution in [3.63, 3.8) is 0 Å². The molecular formula is C30H22ClF3N2O4. The molecule has 4 aromatic rings. The summed E-state index contributed by atoms with van der Waals surface area (Å²) in [4.78, 5) is 25.6. The van der Waals surface area contributed by atoms with Gasteiger partial charge in [0.1, 0.15) is 0 Å². The molecule has 1 atom stereocenters. The molecule has 1 amide bonds. The van der Waals surface area contributed by atoms with E-state index >= 15 is 0 Å². The highest BCUT2D eigenvalue weighted by Crippen LogP contribution is 2.55. The Kier molecular flexibility index (Phi) is 6.94. The number of aromatic nitrogens is 1. The number of alkyl halides is 3. The van der Waals surface area contributed by atoms with E-state index < -0.39 is 34.3 Å². The molecule has 6 nitrogen and oxygen atoms in total. The zero-order valence-electron chi connectivity index (χ0n) is 21.1. The van der Waals surface area contributed by atoms with E-state index in [1.165, 1.54) is 30.3 Å². The Labute approximate surface area is 231 Å². The Hall–Kier alpha value is -4.13. The van der Waals surface area contributed by atoms with E-state index in [2.05, 4.69) is 22.3 Å². The van der Waals surface area contributed by atoms with Crippen LogP contribution in [-0.2, 0) is 16.4 Å². The first-order valence-corrected chi connectivity index (χ1v) is 12.7. The molecule has 0 radical (unpaired) electrons. The number of aryl methyl sites for hydroxylation is 1. The fourth-order valence-corrected chi connectivity index (χ4v) is 5.05. The maximum Gasteiger partial charge on any atom is 0.416 e. The highest BCUT2D eigenvalue weighted by molar-refractivity contribution is 6.31. The van der Waals surface area contributed by atoms with Gasteiger partial charge in [0.2, 0.25) is 5.60 Å². The minimum absolute atomic E-state index is 0.0963. The molecule has 0 spiro atoms. The number of anilines is 1. The van der Waals surface area contributed by atoms with Crippen LogP contribution in [0.15, 0.2) is 76.0 Å². The molecule has 5 rings (SSSR count). The lowest BCUT2D eigenvalue weighted by atomic mass is 9.82. The van der Waals surface area contributed by atoms with E-state index in [0.717, 1.165) is 17.7 Å². The Morgan fingerprint density at radius 1 is 1.10 bits per heavy atom. The van der Waals surface area contributed by atoms with Crippen LogP contribution in [0.2, 0.25) is 5.02 Å². The minimum Gasteiger partial charge on any atom is -0.369 e. The monoisotopic (exact) mass is 566 g/mol. The lowest BCUT2D eigenvalue weighted by molar-refractivity contribution is -0.137. The summed E-state index contributed by atoms with van der Waals surface area (Å²) < 4.78 is 43.7. The quantitative estimate of drug-likeness (QED) is 0.289. The van der Waals surface area contributed by atoms with Gasteiger partial charge in [-0.3, -0.25) is 4.79 Å². The fraction of sp³-hybridized carbons (Fsp3) is 0.233. The number of nitrogens with one attached hydrogen (secondary N) is 1. The third-order valence-electron chi connectivity index (χ3n) is 7.05. The average Bonchev–Trinajstić information content (AvgIpc) is 3.69. The van der Waals surface area contributed by atoms with E-state index in [4.69, 9.17) is 16.1 Å². The summed E-state index contributed by atoms with van der Waals surface area (Å²) in [5.74, 6) is 4.46. The van der Waals surface area contributed by atoms with Crippen LogP contribution in [0.4, 0.5) is 18.9 Å². The summed E-state index contributed by atoms with van der Waals surface area (Å²) in [6.45, 7) is 1.64. The Balaban J connectivity index is 1.51. The van der Waals surface area contributed by atoms with E-state index in [-0.39, 0.29) is 23.1 Å². The van der Waals surface area contributed by atoms with Gasteiger partial charge in [0.15, 0.2) is 0 Å². The van der Waals surface area contributed by atoms with Crippen LogP contribution in [0, 0.1) is 18.8 Å². The van der Waals surface area contributed by atoms with Gasteiger partial charge in [-0.1, -0.05) is 46.8 Å². The highest BCUT2D eigenvalue weighted by atomic mass is 35.5. The summed E-state index contributed by atoms with van der Waals surface area (Å²) in [6, 6.07) is 15.8. The molecule has 204 valence electrons. The van der Waals surface area contributed by atoms with Crippen molar-refractivity contribution >= 4 is 34.0 Å². The first kappa shape index (κ1) is 27.4. The summed E-state index contributed by atoms with van der Waals surface area (Å²) in [5, 5.41) is 19.3. The molecule has 1 aliphatic rings. The van der Waals surface area contributed by atoms with Crippen molar-refractivity contribution in [1.29, 1.82) is 0 Å². The second kappa shape index (κ2) is 10.1. The number of hydrogen-bond acceptors (Lipinski definition) is 5. The molecule has 1 aromatic heterocycles. The second-order valence-corrected chi connectivity index (χ2v) is 10.3. The standard InChI is InChI=1S/C30H22ClF3N2O4/c1-18-23-16-21(10-11-22(23)26(37)40-36-18)35-27(38)29(39,13-12-19-6-8-20(9-7-19)30(32,33)34)17-28(14-15-28)24-4-2-3-5-25(24)31/h2-11,16,39H,14-15,17H2,1H3,(H,35,38). The largest absolute Gasteiger partial charge is 0.416 e. The van der Waals surface area contributed by atoms with Crippen molar-refractivity contribution in [2.24, 2.45) is 0 Å². The molecule has 40 heavy (non-hydrogen) atoms. The third kappa shape index (κ3) is 5.46. The SMILES string of the molecule is Cc1noc(=O)c2ccc(NC(=O)C(O)(C#Cc3ccc(C(F)(F)F)cc3)CC3(c4ccccc4Cl)CC3)cc12. The molecule has 10 heteroatoms. The number of amides is 1. The highest BCUT2D eigenvalue weighted by Gasteiger charge is 2.53. The van der Waals surface area contributed by atoms with Crippen molar-refractivity contribution < 1.29 is 27.6 Å². The van der Waals surface area contributed by atoms with Gasteiger partial charge in [0.25, 0.3) is 5.91 Å². The molecule has 1 heterocycles. The number of carbonyl (C=O) groups excluding carboxylic acids is 1. The lowest BCUT2D eigenvalue weighted by Gasteiger charge is -2.27. The van der Waals surface area contributed by atoms with Crippen LogP contribution in [0.1, 0.15) is 41.6 Å². The molecular weight excluding hydrogens is 545 g/mol. The van der Waals surface area contributed by atoms with Gasteiger partial charge in [-0.15, -0.1) is 0 Å². The first-order chi connectivity index (χ1) is 18.9. The zero-order chi connectivity index (χ0) is 28.7. The number of fused-ring (bicyclic) bond motifs is 1. The Morgan fingerprint density at radius 3 is 2.45 bits per heavy atom. The number of benzene rings is 3. The van der Waals surface area contributed by atoms with Gasteiger partial charge >= 0.3 is 11.8 Å². The average molecular weight is 567 g/mol. The predicted molar refractivity (Wildman–Crippen MR) is 144 cm³/mol. The van der Waals surface area contributed by atoms with Gasteiger partial charge in [-0.2, -0.15) is 13.2 Å². The van der Waals surface area contributed by atoms with Crippen molar-refractivity contribution in [2.75, 3.05) is 5.32 Å². The summed E-state index contributed by atoms with van der Waals surface area (Å²) >= 11 is 6.45. The molecule has 1 saturated carbocycles. The number of nitrogens with zero attached hydrogens (tertiary/aromatic N) is 1. The fourth-order valence-electron chi connectivity index (χ4n) is 4.71. The normalized spacial score (nSPS) is 15.6. The lowest BCUT2D eigenvalue weighted by Crippen LogP contribution is -2.44. The second-order valence-electron chi connectivity index (χ2n) is 9.89. The van der Waals surface area contributed by atoms with Gasteiger partial charge in [-0.25, -0.2) is 4.79 Å². The maximum atomic E-state index is 13.6. The maximum absolute atomic E-state index is 13.6. The smallest absolute Gasteiger partial charge is 0.369 e. The molecule has 0 bridgehead atoms. The Bertz CT molecular complexity index is 1730. The van der Waals surface area contributed by atoms with E-state index in [9.17, 15) is 27.9 Å². The number of carbonyl (C=O) groups is 1. The van der Waals surface area contributed by atoms with Crippen LogP contribution in [0.3, 0.4) is 0 Å². The molecule has 3 aromatic carbocycles. The predicted octanol–water partition coefficient (Wildman–Crippen LogP) is 6.01. The van der Waals surface area contributed by atoms with Gasteiger partial charge in [0, 0.05) is 33.5 Å². The number of rotatable bonds is 5. The van der Waals surface area contributed by atoms with Crippen LogP contribution in [0.5, 0.6) is 0 Å². The van der Waals surface area contributed by atoms with E-state index in [0.29, 0.717) is 28.9 Å². The van der Waals surface area contributed by atoms with Gasteiger partial charge in [-0.05, 0) is 73.9 Å². The van der Waals surface area contributed by atoms with E-state index in [1.807, 2.05) is 12.1 Å². The van der Waals surface area contributed by atoms with Crippen molar-refractivity contribution in [3.8, 4) is 11.8 Å². The number of aliphatic hydroxyl groups is 1. The van der Waals surface area contributed by atoms with Crippen LogP contribution >= 0.6 is 11.6 Å². The zero-order valence-corrected chi connectivity index (χ0v) is 21.9. The first-order valence-electron chi connectivity index (χ1n) is 12.3. The van der Waals surface area contributed by atoms with Crippen LogP contribution in [0.25, 0.3) is 10.8 Å². The number of halogens is 4. The van der Waals surface area contributed by atoms with Gasteiger partial charge < -0.3 is 14.9 Å². The Morgan fingerprint density at radius 2 is 1.80 bits per heavy atom. The summed E-state index contributed by atoms with van der Waals surface area (Å²) in [7, 11) is 0. The summed E-state index contributed by atoms with van der Waals surface area (Å²) in [5.41, 5.74) is -2.63. The number of hydrogen-bond donors (Lipinski definition) is 2. The topological polar surface area (TPSA) is 92.4 Å². The van der Waals surface area contributed by atoms with Crippen molar-refractivity contribution in [2.45, 2.75) is 43.4 Å². The minimum atomic E-state index is -4.51. The molecule has 1 fully saturated rings. The van der Waals surface area contributed by atoms with E-state index in [1.54, 1.807) is 19.1 Å². The molecule has 2 N–H and O–H groups in total. The molecule has 1 aliphatic carbocycles. The van der Waals surface area contributed by atoms with Crippen molar-refractivity contribution in [1.82, 2.24) is 5.16 Å². The summed E-state index contributed by atoms with van der Waals surface area (Å²) in [6.07, 6.45) is -3.29. The van der Waals surface area contributed by atoms with Crippen LogP contribution in [-0.4, -0.2) is 21.8 Å². The molecule has 0 saturated heterocycles. The van der Waals surface area contributed by atoms with Gasteiger partial charge in [0.05, 0.1) is 16.6 Å². The molecule has 1 unspecified atom stereocenters. The third-order valence-corrected chi connectivity index (χ3v) is 7.38.